The third-order valence-electron chi connectivity index (χ3n) is 3.04. The summed E-state index contributed by atoms with van der Waals surface area (Å²) in [7, 11) is 0. The molecule has 1 aromatic heterocycles. The van der Waals surface area contributed by atoms with Gasteiger partial charge in [0.2, 0.25) is 0 Å². The van der Waals surface area contributed by atoms with Gasteiger partial charge in [0.15, 0.2) is 0 Å². The van der Waals surface area contributed by atoms with Gasteiger partial charge < -0.3 is 10.2 Å². The van der Waals surface area contributed by atoms with Crippen LogP contribution in [0.1, 0.15) is 47.1 Å². The first-order valence-electron chi connectivity index (χ1n) is 7.82. The molecule has 0 aromatic carbocycles. The van der Waals surface area contributed by atoms with Crippen molar-refractivity contribution in [1.82, 2.24) is 10.3 Å². The van der Waals surface area contributed by atoms with Crippen LogP contribution >= 0.6 is 0 Å². The Hall–Kier alpha value is -1.09. The fraction of sp³-hybridized carbons (Fsp3) is 0.706. The third kappa shape index (κ3) is 5.91. The zero-order valence-electron chi connectivity index (χ0n) is 14.0. The number of nitrogens with one attached hydrogen (secondary N) is 1. The molecule has 0 aliphatic heterocycles. The largest absolute Gasteiger partial charge is 0.356 e. The van der Waals surface area contributed by atoms with Gasteiger partial charge in [-0.05, 0) is 17.9 Å². The summed E-state index contributed by atoms with van der Waals surface area (Å²) in [5.74, 6) is 2.42. The van der Waals surface area contributed by atoms with E-state index in [1.165, 1.54) is 5.56 Å². The molecule has 0 spiro atoms. The summed E-state index contributed by atoms with van der Waals surface area (Å²) in [6.07, 6.45) is 1.90. The molecule has 0 saturated carbocycles. The SMILES string of the molecule is CC(C)CN(CC(C)C)c1ncccc1CNC(C)C. The average molecular weight is 277 g/mol. The van der Waals surface area contributed by atoms with Crippen LogP contribution in [-0.2, 0) is 6.54 Å². The van der Waals surface area contributed by atoms with E-state index in [9.17, 15) is 0 Å². The number of rotatable bonds is 8. The van der Waals surface area contributed by atoms with Crippen molar-refractivity contribution in [2.24, 2.45) is 11.8 Å². The van der Waals surface area contributed by atoms with Crippen LogP contribution in [0.15, 0.2) is 18.3 Å². The predicted octanol–water partition coefficient (Wildman–Crippen LogP) is 3.70. The molecule has 0 saturated heterocycles. The lowest BCUT2D eigenvalue weighted by Crippen LogP contribution is -2.33. The summed E-state index contributed by atoms with van der Waals surface area (Å²) in [4.78, 5) is 7.09. The van der Waals surface area contributed by atoms with Crippen LogP contribution in [-0.4, -0.2) is 24.1 Å². The van der Waals surface area contributed by atoms with Gasteiger partial charge in [-0.15, -0.1) is 0 Å². The van der Waals surface area contributed by atoms with Crippen molar-refractivity contribution < 1.29 is 0 Å². The second-order valence-electron chi connectivity index (χ2n) is 6.71. The fourth-order valence-electron chi connectivity index (χ4n) is 2.30. The van der Waals surface area contributed by atoms with Crippen molar-refractivity contribution >= 4 is 5.82 Å². The van der Waals surface area contributed by atoms with E-state index in [1.807, 2.05) is 12.3 Å². The van der Waals surface area contributed by atoms with E-state index in [0.717, 1.165) is 25.5 Å². The number of aromatic nitrogens is 1. The molecule has 1 aromatic rings. The van der Waals surface area contributed by atoms with Crippen molar-refractivity contribution in [1.29, 1.82) is 0 Å². The second-order valence-corrected chi connectivity index (χ2v) is 6.71. The van der Waals surface area contributed by atoms with Crippen LogP contribution in [0.5, 0.6) is 0 Å². The number of anilines is 1. The standard InChI is InChI=1S/C17H31N3/c1-13(2)11-20(12-14(3)4)17-16(8-7-9-18-17)10-19-15(5)6/h7-9,13-15,19H,10-12H2,1-6H3. The molecule has 0 fully saturated rings. The van der Waals surface area contributed by atoms with Crippen LogP contribution in [0.2, 0.25) is 0 Å². The molecule has 0 aliphatic carbocycles. The minimum atomic E-state index is 0.492. The molecule has 114 valence electrons. The number of hydrogen-bond acceptors (Lipinski definition) is 3. The maximum atomic E-state index is 4.65. The third-order valence-corrected chi connectivity index (χ3v) is 3.04. The van der Waals surface area contributed by atoms with Crippen molar-refractivity contribution in [3.8, 4) is 0 Å². The first-order chi connectivity index (χ1) is 9.40. The number of pyridine rings is 1. The smallest absolute Gasteiger partial charge is 0.133 e. The highest BCUT2D eigenvalue weighted by molar-refractivity contribution is 5.46. The van der Waals surface area contributed by atoms with Crippen LogP contribution < -0.4 is 10.2 Å². The summed E-state index contributed by atoms with van der Waals surface area (Å²) in [5, 5.41) is 3.50. The van der Waals surface area contributed by atoms with Gasteiger partial charge in [-0.2, -0.15) is 0 Å². The lowest BCUT2D eigenvalue weighted by molar-refractivity contribution is 0.542. The number of nitrogens with zero attached hydrogens (tertiary/aromatic N) is 2. The molecule has 0 radical (unpaired) electrons. The summed E-state index contributed by atoms with van der Waals surface area (Å²) in [6, 6.07) is 4.71. The Morgan fingerprint density at radius 2 is 1.65 bits per heavy atom. The molecule has 1 heterocycles. The minimum Gasteiger partial charge on any atom is -0.356 e. The lowest BCUT2D eigenvalue weighted by atomic mass is 10.1. The maximum absolute atomic E-state index is 4.65. The number of hydrogen-bond donors (Lipinski definition) is 1. The molecule has 1 N–H and O–H groups in total. The molecule has 0 amide bonds. The quantitative estimate of drug-likeness (QED) is 0.785. The van der Waals surface area contributed by atoms with Crippen LogP contribution in [0, 0.1) is 11.8 Å². The van der Waals surface area contributed by atoms with Gasteiger partial charge in [0, 0.05) is 37.4 Å². The Bertz CT molecular complexity index is 376. The molecular weight excluding hydrogens is 246 g/mol. The molecule has 1 rings (SSSR count). The second kappa shape index (κ2) is 8.25. The molecule has 0 unspecified atom stereocenters. The predicted molar refractivity (Wildman–Crippen MR) is 88.1 cm³/mol. The van der Waals surface area contributed by atoms with E-state index < -0.39 is 0 Å². The first-order valence-corrected chi connectivity index (χ1v) is 7.82. The summed E-state index contributed by atoms with van der Waals surface area (Å²) >= 11 is 0. The van der Waals surface area contributed by atoms with Gasteiger partial charge in [0.25, 0.3) is 0 Å². The normalized spacial score (nSPS) is 11.7. The van der Waals surface area contributed by atoms with Crippen molar-refractivity contribution in [2.45, 2.75) is 54.1 Å². The Kier molecular flexibility index (Phi) is 7.00. The van der Waals surface area contributed by atoms with Crippen LogP contribution in [0.25, 0.3) is 0 Å². The van der Waals surface area contributed by atoms with Crippen molar-refractivity contribution in [3.63, 3.8) is 0 Å². The first kappa shape index (κ1) is 17.0. The molecule has 3 nitrogen and oxygen atoms in total. The van der Waals surface area contributed by atoms with Gasteiger partial charge in [0.05, 0.1) is 0 Å². The van der Waals surface area contributed by atoms with E-state index in [4.69, 9.17) is 0 Å². The van der Waals surface area contributed by atoms with Crippen molar-refractivity contribution in [2.75, 3.05) is 18.0 Å². The monoisotopic (exact) mass is 277 g/mol. The molecule has 0 bridgehead atoms. The highest BCUT2D eigenvalue weighted by atomic mass is 15.2. The molecule has 0 aliphatic rings. The van der Waals surface area contributed by atoms with Crippen LogP contribution in [0.3, 0.4) is 0 Å². The fourth-order valence-corrected chi connectivity index (χ4v) is 2.30. The molecular formula is C17H31N3. The Balaban J connectivity index is 2.93. The van der Waals surface area contributed by atoms with E-state index in [-0.39, 0.29) is 0 Å². The zero-order chi connectivity index (χ0) is 15.1. The van der Waals surface area contributed by atoms with Gasteiger partial charge >= 0.3 is 0 Å². The Morgan fingerprint density at radius 1 is 1.05 bits per heavy atom. The molecule has 0 atom stereocenters. The Labute approximate surface area is 124 Å². The highest BCUT2D eigenvalue weighted by Crippen LogP contribution is 2.20. The van der Waals surface area contributed by atoms with E-state index in [0.29, 0.717) is 17.9 Å². The van der Waals surface area contributed by atoms with E-state index >= 15 is 0 Å². The molecule has 20 heavy (non-hydrogen) atoms. The van der Waals surface area contributed by atoms with Gasteiger partial charge in [0.1, 0.15) is 5.82 Å². The maximum Gasteiger partial charge on any atom is 0.133 e. The minimum absolute atomic E-state index is 0.492. The van der Waals surface area contributed by atoms with Gasteiger partial charge in [-0.1, -0.05) is 47.6 Å². The van der Waals surface area contributed by atoms with Gasteiger partial charge in [-0.25, -0.2) is 4.98 Å². The van der Waals surface area contributed by atoms with E-state index in [2.05, 4.69) is 62.8 Å². The topological polar surface area (TPSA) is 28.2 Å². The van der Waals surface area contributed by atoms with Gasteiger partial charge in [-0.3, -0.25) is 0 Å². The summed E-state index contributed by atoms with van der Waals surface area (Å²) < 4.78 is 0. The highest BCUT2D eigenvalue weighted by Gasteiger charge is 2.15. The summed E-state index contributed by atoms with van der Waals surface area (Å²) in [5.41, 5.74) is 1.29. The van der Waals surface area contributed by atoms with E-state index in [1.54, 1.807) is 0 Å². The summed E-state index contributed by atoms with van der Waals surface area (Å²) in [6.45, 7) is 16.4. The van der Waals surface area contributed by atoms with Crippen LogP contribution in [0.4, 0.5) is 5.82 Å². The van der Waals surface area contributed by atoms with Crippen molar-refractivity contribution in [3.05, 3.63) is 23.9 Å². The average Bonchev–Trinajstić information content (AvgIpc) is 2.34. The zero-order valence-corrected chi connectivity index (χ0v) is 14.0. The Morgan fingerprint density at radius 3 is 2.15 bits per heavy atom. The molecule has 3 heteroatoms. The lowest BCUT2D eigenvalue weighted by Gasteiger charge is -2.29.